The standard InChI is InChI=1S/C19H21BrN2O/c1-13(14-8-10-16(11-9-14)19(2,3)4)21-22-18(23)15-6-5-7-17(20)12-15/h5-12H,1-4H3,(H,22,23)/b21-13-. The van der Waals surface area contributed by atoms with E-state index in [9.17, 15) is 4.79 Å². The minimum atomic E-state index is -0.225. The first-order valence-electron chi connectivity index (χ1n) is 7.48. The summed E-state index contributed by atoms with van der Waals surface area (Å²) < 4.78 is 0.864. The van der Waals surface area contributed by atoms with Crippen molar-refractivity contribution in [2.24, 2.45) is 5.10 Å². The van der Waals surface area contributed by atoms with Crippen molar-refractivity contribution in [1.82, 2.24) is 5.43 Å². The van der Waals surface area contributed by atoms with Crippen molar-refractivity contribution in [3.63, 3.8) is 0 Å². The van der Waals surface area contributed by atoms with Crippen molar-refractivity contribution >= 4 is 27.5 Å². The molecule has 1 N–H and O–H groups in total. The Labute approximate surface area is 145 Å². The Bertz CT molecular complexity index is 728. The van der Waals surface area contributed by atoms with Crippen molar-refractivity contribution in [3.8, 4) is 0 Å². The van der Waals surface area contributed by atoms with Gasteiger partial charge in [0, 0.05) is 10.0 Å². The molecule has 2 aromatic rings. The minimum Gasteiger partial charge on any atom is -0.267 e. The zero-order chi connectivity index (χ0) is 17.0. The third-order valence-corrected chi connectivity index (χ3v) is 4.07. The molecule has 0 radical (unpaired) electrons. The van der Waals surface area contributed by atoms with Crippen LogP contribution in [0, 0.1) is 0 Å². The van der Waals surface area contributed by atoms with Crippen LogP contribution in [0.25, 0.3) is 0 Å². The molecule has 2 aromatic carbocycles. The fraction of sp³-hybridized carbons (Fsp3) is 0.263. The van der Waals surface area contributed by atoms with Crippen LogP contribution in [0.5, 0.6) is 0 Å². The SMILES string of the molecule is C/C(=N/NC(=O)c1cccc(Br)c1)c1ccc(C(C)(C)C)cc1. The van der Waals surface area contributed by atoms with Crippen molar-refractivity contribution in [1.29, 1.82) is 0 Å². The van der Waals surface area contributed by atoms with E-state index in [2.05, 4.69) is 59.4 Å². The van der Waals surface area contributed by atoms with E-state index in [1.54, 1.807) is 12.1 Å². The number of nitrogens with zero attached hydrogens (tertiary/aromatic N) is 1. The molecule has 0 unspecified atom stereocenters. The zero-order valence-corrected chi connectivity index (χ0v) is 15.4. The molecule has 0 saturated heterocycles. The molecule has 3 nitrogen and oxygen atoms in total. The monoisotopic (exact) mass is 372 g/mol. The molecule has 0 spiro atoms. The summed E-state index contributed by atoms with van der Waals surface area (Å²) in [6.45, 7) is 8.43. The summed E-state index contributed by atoms with van der Waals surface area (Å²) in [5.41, 5.74) is 6.33. The van der Waals surface area contributed by atoms with Crippen LogP contribution in [0.3, 0.4) is 0 Å². The second-order valence-corrected chi connectivity index (χ2v) is 7.39. The molecule has 0 aromatic heterocycles. The average Bonchev–Trinajstić information content (AvgIpc) is 2.51. The van der Waals surface area contributed by atoms with Crippen molar-refractivity contribution in [2.45, 2.75) is 33.1 Å². The van der Waals surface area contributed by atoms with Crippen LogP contribution >= 0.6 is 15.9 Å². The Balaban J connectivity index is 2.09. The van der Waals surface area contributed by atoms with Gasteiger partial charge in [0.15, 0.2) is 0 Å². The number of hydrogen-bond donors (Lipinski definition) is 1. The van der Waals surface area contributed by atoms with Crippen LogP contribution in [0.2, 0.25) is 0 Å². The number of rotatable bonds is 3. The van der Waals surface area contributed by atoms with Crippen molar-refractivity contribution in [3.05, 3.63) is 69.7 Å². The van der Waals surface area contributed by atoms with Crippen LogP contribution in [0.15, 0.2) is 58.1 Å². The van der Waals surface area contributed by atoms with E-state index in [1.165, 1.54) is 5.56 Å². The lowest BCUT2D eigenvalue weighted by Crippen LogP contribution is -2.19. The molecular weight excluding hydrogens is 352 g/mol. The number of halogens is 1. The molecule has 1 amide bonds. The van der Waals surface area contributed by atoms with Gasteiger partial charge in [-0.25, -0.2) is 5.43 Å². The van der Waals surface area contributed by atoms with Crippen LogP contribution < -0.4 is 5.43 Å². The van der Waals surface area contributed by atoms with Gasteiger partial charge in [-0.2, -0.15) is 5.10 Å². The van der Waals surface area contributed by atoms with Gasteiger partial charge in [-0.3, -0.25) is 4.79 Å². The lowest BCUT2D eigenvalue weighted by atomic mass is 9.86. The molecule has 0 fully saturated rings. The molecule has 0 aliphatic rings. The van der Waals surface area contributed by atoms with E-state index in [-0.39, 0.29) is 11.3 Å². The van der Waals surface area contributed by atoms with E-state index in [1.807, 2.05) is 31.2 Å². The summed E-state index contributed by atoms with van der Waals surface area (Å²) in [6.07, 6.45) is 0. The smallest absolute Gasteiger partial charge is 0.267 e. The number of hydrogen-bond acceptors (Lipinski definition) is 2. The van der Waals surface area contributed by atoms with Gasteiger partial charge in [0.05, 0.1) is 5.71 Å². The number of amides is 1. The molecule has 0 atom stereocenters. The van der Waals surface area contributed by atoms with Crippen LogP contribution in [0.1, 0.15) is 49.2 Å². The Morgan fingerprint density at radius 3 is 2.26 bits per heavy atom. The van der Waals surface area contributed by atoms with Gasteiger partial charge in [-0.1, -0.05) is 67.0 Å². The Morgan fingerprint density at radius 1 is 1.04 bits per heavy atom. The lowest BCUT2D eigenvalue weighted by molar-refractivity contribution is 0.0955. The predicted octanol–water partition coefficient (Wildman–Crippen LogP) is 4.90. The van der Waals surface area contributed by atoms with Gasteiger partial charge in [0.1, 0.15) is 0 Å². The first-order chi connectivity index (χ1) is 10.8. The first-order valence-corrected chi connectivity index (χ1v) is 8.28. The summed E-state index contributed by atoms with van der Waals surface area (Å²) >= 11 is 3.35. The van der Waals surface area contributed by atoms with Gasteiger partial charge in [-0.15, -0.1) is 0 Å². The summed E-state index contributed by atoms with van der Waals surface area (Å²) in [4.78, 5) is 12.1. The second kappa shape index (κ2) is 7.09. The molecular formula is C19H21BrN2O. The maximum Gasteiger partial charge on any atom is 0.271 e. The van der Waals surface area contributed by atoms with Gasteiger partial charge in [0.2, 0.25) is 0 Å². The highest BCUT2D eigenvalue weighted by Crippen LogP contribution is 2.22. The van der Waals surface area contributed by atoms with E-state index < -0.39 is 0 Å². The topological polar surface area (TPSA) is 41.5 Å². The maximum absolute atomic E-state index is 12.1. The van der Waals surface area contributed by atoms with E-state index in [0.29, 0.717) is 5.56 Å². The van der Waals surface area contributed by atoms with Crippen molar-refractivity contribution in [2.75, 3.05) is 0 Å². The predicted molar refractivity (Wildman–Crippen MR) is 99.0 cm³/mol. The number of carbonyl (C=O) groups is 1. The summed E-state index contributed by atoms with van der Waals surface area (Å²) in [5.74, 6) is -0.225. The van der Waals surface area contributed by atoms with Gasteiger partial charge in [0.25, 0.3) is 5.91 Å². The van der Waals surface area contributed by atoms with Gasteiger partial charge < -0.3 is 0 Å². The second-order valence-electron chi connectivity index (χ2n) is 6.48. The minimum absolute atomic E-state index is 0.124. The third-order valence-electron chi connectivity index (χ3n) is 3.58. The summed E-state index contributed by atoms with van der Waals surface area (Å²) in [5, 5.41) is 4.19. The highest BCUT2D eigenvalue weighted by molar-refractivity contribution is 9.10. The molecule has 0 aliphatic heterocycles. The van der Waals surface area contributed by atoms with Crippen LogP contribution in [-0.4, -0.2) is 11.6 Å². The highest BCUT2D eigenvalue weighted by atomic mass is 79.9. The first kappa shape index (κ1) is 17.4. The molecule has 120 valence electrons. The molecule has 0 bridgehead atoms. The average molecular weight is 373 g/mol. The molecule has 0 aliphatic carbocycles. The largest absolute Gasteiger partial charge is 0.271 e. The van der Waals surface area contributed by atoms with E-state index >= 15 is 0 Å². The molecule has 0 heterocycles. The van der Waals surface area contributed by atoms with Gasteiger partial charge >= 0.3 is 0 Å². The Hall–Kier alpha value is -1.94. The molecule has 4 heteroatoms. The van der Waals surface area contributed by atoms with Crippen molar-refractivity contribution < 1.29 is 4.79 Å². The van der Waals surface area contributed by atoms with Gasteiger partial charge in [-0.05, 0) is 41.7 Å². The number of nitrogens with one attached hydrogen (secondary N) is 1. The van der Waals surface area contributed by atoms with E-state index in [4.69, 9.17) is 0 Å². The highest BCUT2D eigenvalue weighted by Gasteiger charge is 2.13. The number of benzene rings is 2. The summed E-state index contributed by atoms with van der Waals surface area (Å²) in [7, 11) is 0. The van der Waals surface area contributed by atoms with E-state index in [0.717, 1.165) is 15.7 Å². The molecule has 0 saturated carbocycles. The Morgan fingerprint density at radius 2 is 1.70 bits per heavy atom. The maximum atomic E-state index is 12.1. The molecule has 2 rings (SSSR count). The fourth-order valence-corrected chi connectivity index (χ4v) is 2.50. The summed E-state index contributed by atoms with van der Waals surface area (Å²) in [6, 6.07) is 15.5. The Kier molecular flexibility index (Phi) is 5.37. The lowest BCUT2D eigenvalue weighted by Gasteiger charge is -2.19. The molecule has 23 heavy (non-hydrogen) atoms. The van der Waals surface area contributed by atoms with Crippen LogP contribution in [-0.2, 0) is 5.41 Å². The number of hydrazone groups is 1. The third kappa shape index (κ3) is 4.76. The quantitative estimate of drug-likeness (QED) is 0.603. The normalized spacial score (nSPS) is 12.1. The number of carbonyl (C=O) groups excluding carboxylic acids is 1. The zero-order valence-electron chi connectivity index (χ0n) is 13.9. The fourth-order valence-electron chi connectivity index (χ4n) is 2.10. The van der Waals surface area contributed by atoms with Crippen LogP contribution in [0.4, 0.5) is 0 Å².